The Morgan fingerprint density at radius 1 is 1.29 bits per heavy atom. The molecule has 0 radical (unpaired) electrons. The zero-order chi connectivity index (χ0) is 19.8. The lowest BCUT2D eigenvalue weighted by atomic mass is 10.00. The molecule has 7 nitrogen and oxygen atoms in total. The van der Waals surface area contributed by atoms with Gasteiger partial charge in [0.15, 0.2) is 23.3 Å². The van der Waals surface area contributed by atoms with Crippen LogP contribution in [0.5, 0.6) is 5.75 Å². The zero-order valence-corrected chi connectivity index (χ0v) is 15.0. The SMILES string of the molecule is N=CN1N=C(c2cc(F)c3c(c2)NC(=O)CO3)C(c2ccc(F)cc2)SC1=N. The molecule has 28 heavy (non-hydrogen) atoms. The highest BCUT2D eigenvalue weighted by atomic mass is 32.2. The molecule has 0 spiro atoms. The molecule has 10 heteroatoms. The second-order valence-corrected chi connectivity index (χ2v) is 7.08. The molecule has 0 aromatic heterocycles. The van der Waals surface area contributed by atoms with Gasteiger partial charge in [0.25, 0.3) is 5.91 Å². The Morgan fingerprint density at radius 3 is 2.75 bits per heavy atom. The van der Waals surface area contributed by atoms with Crippen LogP contribution in [0.15, 0.2) is 41.5 Å². The first kappa shape index (κ1) is 18.1. The first-order chi connectivity index (χ1) is 13.5. The number of anilines is 1. The molecule has 2 aromatic rings. The summed E-state index contributed by atoms with van der Waals surface area (Å²) in [4.78, 5) is 11.6. The maximum absolute atomic E-state index is 14.6. The van der Waals surface area contributed by atoms with Gasteiger partial charge in [-0.15, -0.1) is 0 Å². The molecule has 3 N–H and O–H groups in total. The van der Waals surface area contributed by atoms with Crippen LogP contribution in [0, 0.1) is 22.5 Å². The third-order valence-corrected chi connectivity index (χ3v) is 5.30. The Hall–Kier alpha value is -3.27. The number of hydrazone groups is 1. The van der Waals surface area contributed by atoms with Gasteiger partial charge in [-0.1, -0.05) is 23.9 Å². The van der Waals surface area contributed by atoms with E-state index in [0.29, 0.717) is 16.8 Å². The minimum Gasteiger partial charge on any atom is -0.478 e. The summed E-state index contributed by atoms with van der Waals surface area (Å²) in [5, 5.41) is 22.9. The Balaban J connectivity index is 1.84. The van der Waals surface area contributed by atoms with Crippen LogP contribution in [0.2, 0.25) is 0 Å². The molecule has 2 aromatic carbocycles. The van der Waals surface area contributed by atoms with Crippen molar-refractivity contribution in [2.75, 3.05) is 11.9 Å². The zero-order valence-electron chi connectivity index (χ0n) is 14.2. The molecule has 142 valence electrons. The van der Waals surface area contributed by atoms with E-state index in [1.807, 2.05) is 0 Å². The van der Waals surface area contributed by atoms with E-state index in [-0.39, 0.29) is 23.2 Å². The van der Waals surface area contributed by atoms with Gasteiger partial charge in [-0.2, -0.15) is 10.1 Å². The van der Waals surface area contributed by atoms with Gasteiger partial charge in [0.05, 0.1) is 16.6 Å². The summed E-state index contributed by atoms with van der Waals surface area (Å²) in [6, 6.07) is 8.47. The molecule has 1 amide bonds. The maximum Gasteiger partial charge on any atom is 0.262 e. The van der Waals surface area contributed by atoms with E-state index in [2.05, 4.69) is 10.4 Å². The van der Waals surface area contributed by atoms with Gasteiger partial charge in [0.2, 0.25) is 0 Å². The number of amides is 1. The minimum atomic E-state index is -0.667. The van der Waals surface area contributed by atoms with Crippen molar-refractivity contribution in [1.82, 2.24) is 5.01 Å². The van der Waals surface area contributed by atoms with Gasteiger partial charge < -0.3 is 10.1 Å². The van der Waals surface area contributed by atoms with Crippen LogP contribution < -0.4 is 10.1 Å². The Labute approximate surface area is 162 Å². The maximum atomic E-state index is 14.6. The number of halogens is 2. The summed E-state index contributed by atoms with van der Waals surface area (Å²) in [5.74, 6) is -1.52. The van der Waals surface area contributed by atoms with Crippen molar-refractivity contribution in [2.24, 2.45) is 5.10 Å². The van der Waals surface area contributed by atoms with Gasteiger partial charge in [0, 0.05) is 5.56 Å². The van der Waals surface area contributed by atoms with Crippen LogP contribution in [0.4, 0.5) is 14.5 Å². The number of hydrogen-bond donors (Lipinski definition) is 3. The number of fused-ring (bicyclic) bond motifs is 1. The Kier molecular flexibility index (Phi) is 4.55. The first-order valence-corrected chi connectivity index (χ1v) is 9.00. The summed E-state index contributed by atoms with van der Waals surface area (Å²) in [5.41, 5.74) is 1.55. The third-order valence-electron chi connectivity index (χ3n) is 4.16. The smallest absolute Gasteiger partial charge is 0.262 e. The number of nitrogens with zero attached hydrogens (tertiary/aromatic N) is 2. The molecule has 1 atom stereocenters. The van der Waals surface area contributed by atoms with Crippen LogP contribution in [0.1, 0.15) is 16.4 Å². The number of ether oxygens (including phenoxy) is 1. The third kappa shape index (κ3) is 3.22. The number of carbonyl (C=O) groups excluding carboxylic acids is 1. The standard InChI is InChI=1S/C18H13F2N5O2S/c19-11-3-1-9(2-4-11)17-15(24-25(8-21)18(22)28-17)10-5-12(20)16-13(6-10)23-14(26)7-27-16/h1-6,8,17,21-22H,7H2,(H,23,26). The topological polar surface area (TPSA) is 102 Å². The number of rotatable bonds is 3. The van der Waals surface area contributed by atoms with E-state index in [4.69, 9.17) is 15.6 Å². The van der Waals surface area contributed by atoms with E-state index in [0.717, 1.165) is 23.1 Å². The fourth-order valence-corrected chi connectivity index (χ4v) is 3.91. The highest BCUT2D eigenvalue weighted by Crippen LogP contribution is 2.40. The fraction of sp³-hybridized carbons (Fsp3) is 0.111. The predicted octanol–water partition coefficient (Wildman–Crippen LogP) is 3.33. The lowest BCUT2D eigenvalue weighted by molar-refractivity contribution is -0.118. The number of amidine groups is 1. The molecule has 0 fully saturated rings. The normalized spacial score (nSPS) is 18.7. The van der Waals surface area contributed by atoms with Gasteiger partial charge in [0.1, 0.15) is 12.2 Å². The minimum absolute atomic E-state index is 0.00291. The molecule has 0 saturated heterocycles. The largest absolute Gasteiger partial charge is 0.478 e. The van der Waals surface area contributed by atoms with Crippen molar-refractivity contribution >= 4 is 40.6 Å². The molecule has 0 bridgehead atoms. The summed E-state index contributed by atoms with van der Waals surface area (Å²) in [6.07, 6.45) is 0.871. The Bertz CT molecular complexity index is 1030. The fourth-order valence-electron chi connectivity index (χ4n) is 2.90. The second kappa shape index (κ2) is 7.04. The number of benzene rings is 2. The van der Waals surface area contributed by atoms with Crippen LogP contribution in [-0.2, 0) is 4.79 Å². The average molecular weight is 401 g/mol. The lowest BCUT2D eigenvalue weighted by Gasteiger charge is -2.29. The summed E-state index contributed by atoms with van der Waals surface area (Å²) < 4.78 is 33.0. The van der Waals surface area contributed by atoms with E-state index in [1.165, 1.54) is 24.3 Å². The van der Waals surface area contributed by atoms with Gasteiger partial charge in [-0.05, 0) is 29.8 Å². The molecule has 2 aliphatic rings. The summed E-state index contributed by atoms with van der Waals surface area (Å²) in [7, 11) is 0. The molecule has 4 rings (SSSR count). The molecule has 0 saturated carbocycles. The van der Waals surface area contributed by atoms with Crippen molar-refractivity contribution in [2.45, 2.75) is 5.25 Å². The lowest BCUT2D eigenvalue weighted by Crippen LogP contribution is -2.31. The number of carbonyl (C=O) groups is 1. The van der Waals surface area contributed by atoms with Crippen molar-refractivity contribution in [3.8, 4) is 5.75 Å². The number of hydrogen-bond acceptors (Lipinski definition) is 6. The van der Waals surface area contributed by atoms with Gasteiger partial charge >= 0.3 is 0 Å². The molecular weight excluding hydrogens is 388 g/mol. The average Bonchev–Trinajstić information content (AvgIpc) is 2.68. The van der Waals surface area contributed by atoms with E-state index < -0.39 is 22.8 Å². The predicted molar refractivity (Wildman–Crippen MR) is 102 cm³/mol. The monoisotopic (exact) mass is 401 g/mol. The highest BCUT2D eigenvalue weighted by Gasteiger charge is 2.32. The number of thioether (sulfide) groups is 1. The van der Waals surface area contributed by atoms with E-state index >= 15 is 0 Å². The van der Waals surface area contributed by atoms with Crippen molar-refractivity contribution in [3.63, 3.8) is 0 Å². The summed E-state index contributed by atoms with van der Waals surface area (Å²) in [6.45, 7) is -0.267. The van der Waals surface area contributed by atoms with Crippen LogP contribution in [0.3, 0.4) is 0 Å². The molecule has 2 heterocycles. The van der Waals surface area contributed by atoms with Crippen LogP contribution in [0.25, 0.3) is 0 Å². The molecule has 2 aliphatic heterocycles. The molecule has 0 aliphatic carbocycles. The molecule has 1 unspecified atom stereocenters. The quantitative estimate of drug-likeness (QED) is 0.542. The van der Waals surface area contributed by atoms with E-state index in [9.17, 15) is 13.6 Å². The van der Waals surface area contributed by atoms with Crippen molar-refractivity contribution < 1.29 is 18.3 Å². The van der Waals surface area contributed by atoms with Crippen molar-refractivity contribution in [3.05, 3.63) is 59.2 Å². The molecular formula is C18H13F2N5O2S. The van der Waals surface area contributed by atoms with Gasteiger partial charge in [-0.25, -0.2) is 8.78 Å². The Morgan fingerprint density at radius 2 is 2.04 bits per heavy atom. The van der Waals surface area contributed by atoms with Crippen LogP contribution in [-0.4, -0.2) is 34.7 Å². The van der Waals surface area contributed by atoms with Crippen molar-refractivity contribution in [1.29, 1.82) is 10.8 Å². The second-order valence-electron chi connectivity index (χ2n) is 5.99. The highest BCUT2D eigenvalue weighted by molar-refractivity contribution is 8.14. The van der Waals surface area contributed by atoms with E-state index in [1.54, 1.807) is 12.1 Å². The number of nitrogens with one attached hydrogen (secondary N) is 3. The van der Waals surface area contributed by atoms with Gasteiger partial charge in [-0.3, -0.25) is 15.6 Å². The summed E-state index contributed by atoms with van der Waals surface area (Å²) >= 11 is 1.09. The first-order valence-electron chi connectivity index (χ1n) is 8.12. The van der Waals surface area contributed by atoms with Crippen LogP contribution >= 0.6 is 11.8 Å².